The minimum Gasteiger partial charge on any atom is -0.387 e. The fraction of sp³-hybridized carbons (Fsp3) is 0.556. The first kappa shape index (κ1) is 17.9. The molecule has 1 aromatic rings. The number of aliphatic hydroxyl groups is 1. The van der Waals surface area contributed by atoms with Gasteiger partial charge < -0.3 is 5.11 Å². The van der Waals surface area contributed by atoms with E-state index in [-0.39, 0.29) is 17.9 Å². The number of likely N-dealkylation sites (tertiary alicyclic amines) is 1. The van der Waals surface area contributed by atoms with Crippen molar-refractivity contribution in [2.24, 2.45) is 5.41 Å². The van der Waals surface area contributed by atoms with Crippen LogP contribution in [0.4, 0.5) is 13.2 Å². The van der Waals surface area contributed by atoms with Crippen LogP contribution in [0, 0.1) is 5.41 Å². The van der Waals surface area contributed by atoms with Crippen LogP contribution < -0.4 is 0 Å². The van der Waals surface area contributed by atoms with E-state index in [2.05, 4.69) is 0 Å². The summed E-state index contributed by atoms with van der Waals surface area (Å²) in [6, 6.07) is 4.69. The Morgan fingerprint density at radius 1 is 1.12 bits per heavy atom. The van der Waals surface area contributed by atoms with Gasteiger partial charge in [-0.2, -0.15) is 13.2 Å². The second-order valence-electron chi connectivity index (χ2n) is 6.93. The molecule has 4 nitrogen and oxygen atoms in total. The number of imide groups is 1. The predicted molar refractivity (Wildman–Crippen MR) is 83.3 cm³/mol. The first-order chi connectivity index (χ1) is 11.7. The molecule has 1 aliphatic carbocycles. The second-order valence-corrected chi connectivity index (χ2v) is 6.93. The van der Waals surface area contributed by atoms with Gasteiger partial charge in [-0.25, -0.2) is 0 Å². The number of benzene rings is 1. The molecule has 1 aromatic carbocycles. The van der Waals surface area contributed by atoms with Crippen molar-refractivity contribution < 1.29 is 27.9 Å². The Bertz CT molecular complexity index is 680. The van der Waals surface area contributed by atoms with Crippen LogP contribution in [0.5, 0.6) is 0 Å². The van der Waals surface area contributed by atoms with E-state index in [0.29, 0.717) is 12.8 Å². The smallest absolute Gasteiger partial charge is 0.387 e. The highest BCUT2D eigenvalue weighted by Crippen LogP contribution is 2.46. The SMILES string of the molecule is O=C1CC2(CCCCC2)C(=O)N1C[C@H](O)c1ccccc1C(F)(F)F. The molecule has 3 rings (SSSR count). The molecule has 7 heteroatoms. The Hall–Kier alpha value is -1.89. The van der Waals surface area contributed by atoms with Crippen LogP contribution in [-0.2, 0) is 15.8 Å². The molecule has 25 heavy (non-hydrogen) atoms. The highest BCUT2D eigenvalue weighted by molar-refractivity contribution is 6.06. The third-order valence-corrected chi connectivity index (χ3v) is 5.28. The Morgan fingerprint density at radius 3 is 2.40 bits per heavy atom. The van der Waals surface area contributed by atoms with Crippen molar-refractivity contribution in [3.8, 4) is 0 Å². The maximum Gasteiger partial charge on any atom is 0.416 e. The largest absolute Gasteiger partial charge is 0.416 e. The fourth-order valence-electron chi connectivity index (χ4n) is 3.98. The van der Waals surface area contributed by atoms with Gasteiger partial charge in [0, 0.05) is 6.42 Å². The van der Waals surface area contributed by atoms with Gasteiger partial charge in [0.2, 0.25) is 11.8 Å². The van der Waals surface area contributed by atoms with Gasteiger partial charge in [0.05, 0.1) is 23.6 Å². The number of nitrogens with zero attached hydrogens (tertiary/aromatic N) is 1. The molecule has 2 aliphatic rings. The maximum absolute atomic E-state index is 13.1. The predicted octanol–water partition coefficient (Wildman–Crippen LogP) is 3.45. The van der Waals surface area contributed by atoms with Crippen molar-refractivity contribution >= 4 is 11.8 Å². The molecule has 1 saturated heterocycles. The Labute approximate surface area is 143 Å². The van der Waals surface area contributed by atoms with Crippen LogP contribution >= 0.6 is 0 Å². The molecule has 1 atom stereocenters. The molecule has 1 saturated carbocycles. The van der Waals surface area contributed by atoms with E-state index in [9.17, 15) is 27.9 Å². The molecule has 0 bridgehead atoms. The zero-order chi connectivity index (χ0) is 18.2. The van der Waals surface area contributed by atoms with Gasteiger partial charge in [0.25, 0.3) is 0 Å². The zero-order valence-corrected chi connectivity index (χ0v) is 13.7. The number of carbonyl (C=O) groups is 2. The fourth-order valence-corrected chi connectivity index (χ4v) is 3.98. The number of β-amino-alcohol motifs (C(OH)–C–C–N with tert-alkyl or cyclic N) is 1. The number of hydrogen-bond acceptors (Lipinski definition) is 3. The summed E-state index contributed by atoms with van der Waals surface area (Å²) < 4.78 is 39.3. The van der Waals surface area contributed by atoms with Crippen LogP contribution in [0.2, 0.25) is 0 Å². The van der Waals surface area contributed by atoms with Crippen molar-refractivity contribution in [2.75, 3.05) is 6.54 Å². The van der Waals surface area contributed by atoms with E-state index in [0.717, 1.165) is 30.2 Å². The standard InChI is InChI=1S/C18H20F3NO3/c19-18(20,21)13-7-3-2-6-12(13)14(23)11-22-15(24)10-17(16(22)25)8-4-1-5-9-17/h2-3,6-7,14,23H,1,4-5,8-11H2/t14-/m0/s1. The molecule has 1 heterocycles. The van der Waals surface area contributed by atoms with E-state index >= 15 is 0 Å². The van der Waals surface area contributed by atoms with E-state index in [1.807, 2.05) is 0 Å². The van der Waals surface area contributed by atoms with Gasteiger partial charge >= 0.3 is 6.18 Å². The first-order valence-corrected chi connectivity index (χ1v) is 8.44. The topological polar surface area (TPSA) is 57.6 Å². The van der Waals surface area contributed by atoms with Crippen molar-refractivity contribution in [1.29, 1.82) is 0 Å². The maximum atomic E-state index is 13.1. The normalized spacial score (nSPS) is 21.8. The molecular formula is C18H20F3NO3. The van der Waals surface area contributed by atoms with E-state index in [4.69, 9.17) is 0 Å². The lowest BCUT2D eigenvalue weighted by Gasteiger charge is -2.31. The molecule has 1 aliphatic heterocycles. The Balaban J connectivity index is 1.81. The monoisotopic (exact) mass is 355 g/mol. The van der Waals surface area contributed by atoms with Gasteiger partial charge in [-0.3, -0.25) is 14.5 Å². The number of amides is 2. The van der Waals surface area contributed by atoms with Crippen molar-refractivity contribution in [3.05, 3.63) is 35.4 Å². The Morgan fingerprint density at radius 2 is 1.76 bits per heavy atom. The third-order valence-electron chi connectivity index (χ3n) is 5.28. The average molecular weight is 355 g/mol. The summed E-state index contributed by atoms with van der Waals surface area (Å²) in [5.74, 6) is -0.754. The highest BCUT2D eigenvalue weighted by Gasteiger charge is 2.51. The minimum absolute atomic E-state index is 0.0967. The number of halogens is 3. The zero-order valence-electron chi connectivity index (χ0n) is 13.7. The number of rotatable bonds is 3. The van der Waals surface area contributed by atoms with Crippen LogP contribution in [-0.4, -0.2) is 28.4 Å². The average Bonchev–Trinajstić information content (AvgIpc) is 2.79. The van der Waals surface area contributed by atoms with E-state index < -0.39 is 35.7 Å². The molecule has 1 spiro atoms. The minimum atomic E-state index is -4.61. The van der Waals surface area contributed by atoms with Crippen molar-refractivity contribution in [3.63, 3.8) is 0 Å². The van der Waals surface area contributed by atoms with E-state index in [1.54, 1.807) is 0 Å². The highest BCUT2D eigenvalue weighted by atomic mass is 19.4. The molecule has 0 aromatic heterocycles. The summed E-state index contributed by atoms with van der Waals surface area (Å²) >= 11 is 0. The quantitative estimate of drug-likeness (QED) is 0.845. The van der Waals surface area contributed by atoms with Crippen LogP contribution in [0.25, 0.3) is 0 Å². The summed E-state index contributed by atoms with van der Waals surface area (Å²) in [5, 5.41) is 10.3. The summed E-state index contributed by atoms with van der Waals surface area (Å²) in [7, 11) is 0. The van der Waals surface area contributed by atoms with Crippen molar-refractivity contribution in [1.82, 2.24) is 4.90 Å². The van der Waals surface area contributed by atoms with Gasteiger partial charge in [-0.05, 0) is 24.5 Å². The Kier molecular flexibility index (Phi) is 4.62. The molecule has 2 amide bonds. The summed E-state index contributed by atoms with van der Waals surface area (Å²) in [6.07, 6.45) is -2.07. The van der Waals surface area contributed by atoms with E-state index in [1.165, 1.54) is 18.2 Å². The summed E-state index contributed by atoms with van der Waals surface area (Å²) in [6.45, 7) is -0.438. The lowest BCUT2D eigenvalue weighted by molar-refractivity contribution is -0.144. The number of hydrogen-bond donors (Lipinski definition) is 1. The lowest BCUT2D eigenvalue weighted by Crippen LogP contribution is -2.39. The second kappa shape index (κ2) is 6.44. The molecule has 1 N–H and O–H groups in total. The van der Waals surface area contributed by atoms with Crippen LogP contribution in [0.1, 0.15) is 55.8 Å². The number of aliphatic hydroxyl groups excluding tert-OH is 1. The van der Waals surface area contributed by atoms with Crippen LogP contribution in [0.15, 0.2) is 24.3 Å². The van der Waals surface area contributed by atoms with Crippen molar-refractivity contribution in [2.45, 2.75) is 50.8 Å². The summed E-state index contributed by atoms with van der Waals surface area (Å²) in [5.41, 5.74) is -1.98. The number of alkyl halides is 3. The molecule has 136 valence electrons. The summed E-state index contributed by atoms with van der Waals surface area (Å²) in [4.78, 5) is 25.9. The first-order valence-electron chi connectivity index (χ1n) is 8.44. The van der Waals surface area contributed by atoms with Gasteiger partial charge in [-0.1, -0.05) is 37.5 Å². The molecule has 0 unspecified atom stereocenters. The molecule has 2 fully saturated rings. The molecule has 0 radical (unpaired) electrons. The van der Waals surface area contributed by atoms with Gasteiger partial charge in [-0.15, -0.1) is 0 Å². The van der Waals surface area contributed by atoms with Gasteiger partial charge in [0.1, 0.15) is 0 Å². The third kappa shape index (κ3) is 3.29. The number of carbonyl (C=O) groups excluding carboxylic acids is 2. The van der Waals surface area contributed by atoms with Crippen LogP contribution in [0.3, 0.4) is 0 Å². The van der Waals surface area contributed by atoms with Gasteiger partial charge in [0.15, 0.2) is 0 Å². The lowest BCUT2D eigenvalue weighted by atomic mass is 9.73. The molecular weight excluding hydrogens is 335 g/mol.